The highest BCUT2D eigenvalue weighted by Crippen LogP contribution is 2.15. The standard InChI is InChI=1S/C5H10.2O/c1-2-4-5-3-1;;/h1-5H2;;. The molecular weight excluding hydrogens is 92.1 g/mol. The summed E-state index contributed by atoms with van der Waals surface area (Å²) in [6.45, 7) is 0. The summed E-state index contributed by atoms with van der Waals surface area (Å²) in [5.74, 6) is 0. The summed E-state index contributed by atoms with van der Waals surface area (Å²) in [7, 11) is 0. The Kier molecular flexibility index (Phi) is 8.47. The van der Waals surface area contributed by atoms with E-state index in [4.69, 9.17) is 0 Å². The van der Waals surface area contributed by atoms with Gasteiger partial charge >= 0.3 is 0 Å². The maximum atomic E-state index is 1.50. The van der Waals surface area contributed by atoms with Gasteiger partial charge in [0, 0.05) is 11.0 Å². The van der Waals surface area contributed by atoms with Gasteiger partial charge in [-0.1, -0.05) is 32.1 Å². The van der Waals surface area contributed by atoms with E-state index < -0.39 is 0 Å². The summed E-state index contributed by atoms with van der Waals surface area (Å²) in [5, 5.41) is 0. The Labute approximate surface area is 44.2 Å². The average Bonchev–Trinajstić information content (AvgIpc) is 1.76. The van der Waals surface area contributed by atoms with Gasteiger partial charge < -0.3 is 0 Å². The zero-order chi connectivity index (χ0) is 3.54. The summed E-state index contributed by atoms with van der Waals surface area (Å²) in [6, 6.07) is 0. The van der Waals surface area contributed by atoms with Crippen molar-refractivity contribution in [1.29, 1.82) is 0 Å². The highest BCUT2D eigenvalue weighted by Gasteiger charge is 1.95. The van der Waals surface area contributed by atoms with Gasteiger partial charge in [0.25, 0.3) is 0 Å². The van der Waals surface area contributed by atoms with E-state index in [1.165, 1.54) is 32.1 Å². The molecule has 1 aliphatic rings. The van der Waals surface area contributed by atoms with E-state index in [0.717, 1.165) is 0 Å². The minimum atomic E-state index is 0. The molecule has 0 aliphatic heterocycles. The van der Waals surface area contributed by atoms with Crippen LogP contribution in [0.4, 0.5) is 0 Å². The monoisotopic (exact) mass is 102 g/mol. The molecule has 0 amide bonds. The molecule has 0 bridgehead atoms. The first-order chi connectivity index (χ1) is 2.50. The van der Waals surface area contributed by atoms with E-state index >= 15 is 0 Å². The summed E-state index contributed by atoms with van der Waals surface area (Å²) in [5.41, 5.74) is 0. The Morgan fingerprint density at radius 1 is 0.429 bits per heavy atom. The molecule has 1 saturated carbocycles. The first-order valence-corrected chi connectivity index (χ1v) is 2.50. The maximum Gasteiger partial charge on any atom is 0 e. The van der Waals surface area contributed by atoms with E-state index in [1.807, 2.05) is 0 Å². The lowest BCUT2D eigenvalue weighted by Gasteiger charge is -1.67. The van der Waals surface area contributed by atoms with Crippen molar-refractivity contribution in [3.8, 4) is 0 Å². The second-order valence-electron chi connectivity index (χ2n) is 1.77. The normalized spacial score (nSPS) is 17.1. The van der Waals surface area contributed by atoms with Gasteiger partial charge in [0.1, 0.15) is 0 Å². The van der Waals surface area contributed by atoms with Crippen LogP contribution in [-0.4, -0.2) is 0 Å². The third kappa shape index (κ3) is 3.76. The highest BCUT2D eigenvalue weighted by molar-refractivity contribution is 4.51. The molecule has 0 heterocycles. The van der Waals surface area contributed by atoms with Crippen molar-refractivity contribution in [3.63, 3.8) is 0 Å². The molecule has 0 aromatic carbocycles. The van der Waals surface area contributed by atoms with Gasteiger partial charge in [-0.2, -0.15) is 0 Å². The molecular formula is C5H10O2. The fourth-order valence-electron chi connectivity index (χ4n) is 0.884. The van der Waals surface area contributed by atoms with Crippen LogP contribution in [0.1, 0.15) is 32.1 Å². The van der Waals surface area contributed by atoms with Crippen LogP contribution in [0, 0.1) is 0 Å². The predicted molar refractivity (Wildman–Crippen MR) is 24.5 cm³/mol. The molecule has 1 fully saturated rings. The minimum Gasteiger partial charge on any atom is -0.0533 e. The van der Waals surface area contributed by atoms with Crippen LogP contribution in [-0.2, 0) is 11.0 Å². The van der Waals surface area contributed by atoms with Crippen molar-refractivity contribution >= 4 is 0 Å². The smallest absolute Gasteiger partial charge is 0 e. The van der Waals surface area contributed by atoms with Crippen molar-refractivity contribution < 1.29 is 11.0 Å². The largest absolute Gasteiger partial charge is 0.0533 e. The average molecular weight is 102 g/mol. The number of rotatable bonds is 0. The van der Waals surface area contributed by atoms with E-state index in [2.05, 4.69) is 0 Å². The van der Waals surface area contributed by atoms with Crippen molar-refractivity contribution in [2.45, 2.75) is 32.1 Å². The molecule has 0 unspecified atom stereocenters. The van der Waals surface area contributed by atoms with Crippen LogP contribution in [0.5, 0.6) is 0 Å². The molecule has 7 heavy (non-hydrogen) atoms. The number of hydrogen-bond acceptors (Lipinski definition) is 0. The second kappa shape index (κ2) is 5.92. The minimum absolute atomic E-state index is 0. The number of hydrogen-bond donors (Lipinski definition) is 0. The lowest BCUT2D eigenvalue weighted by atomic mass is 10.4. The van der Waals surface area contributed by atoms with Crippen molar-refractivity contribution in [1.82, 2.24) is 0 Å². The zero-order valence-corrected chi connectivity index (χ0v) is 4.35. The van der Waals surface area contributed by atoms with E-state index in [0.29, 0.717) is 0 Å². The van der Waals surface area contributed by atoms with Crippen LogP contribution in [0.3, 0.4) is 0 Å². The molecule has 0 atom stereocenters. The Hall–Kier alpha value is -0.0800. The Morgan fingerprint density at radius 2 is 0.571 bits per heavy atom. The molecule has 1 aliphatic carbocycles. The van der Waals surface area contributed by atoms with Gasteiger partial charge in [-0.15, -0.1) is 0 Å². The van der Waals surface area contributed by atoms with E-state index in [9.17, 15) is 0 Å². The highest BCUT2D eigenvalue weighted by atomic mass is 16.0. The van der Waals surface area contributed by atoms with Crippen LogP contribution >= 0.6 is 0 Å². The summed E-state index contributed by atoms with van der Waals surface area (Å²) >= 11 is 0. The molecule has 0 saturated heterocycles. The van der Waals surface area contributed by atoms with Gasteiger partial charge in [-0.3, -0.25) is 0 Å². The molecule has 0 N–H and O–H groups in total. The summed E-state index contributed by atoms with van der Waals surface area (Å²) in [6.07, 6.45) is 7.50. The maximum absolute atomic E-state index is 1.50. The van der Waals surface area contributed by atoms with Crippen LogP contribution in [0.2, 0.25) is 0 Å². The van der Waals surface area contributed by atoms with Crippen molar-refractivity contribution in [2.24, 2.45) is 0 Å². The van der Waals surface area contributed by atoms with Gasteiger partial charge in [0.2, 0.25) is 0 Å². The lowest BCUT2D eigenvalue weighted by molar-refractivity contribution is 0.686. The molecule has 4 radical (unpaired) electrons. The van der Waals surface area contributed by atoms with Gasteiger partial charge in [0.15, 0.2) is 0 Å². The quantitative estimate of drug-likeness (QED) is 0.447. The van der Waals surface area contributed by atoms with Crippen molar-refractivity contribution in [3.05, 3.63) is 0 Å². The summed E-state index contributed by atoms with van der Waals surface area (Å²) < 4.78 is 0. The SMILES string of the molecule is C1CCCC1.[O].[O]. The third-order valence-corrected chi connectivity index (χ3v) is 1.25. The molecule has 1 rings (SSSR count). The molecule has 2 nitrogen and oxygen atoms in total. The topological polar surface area (TPSA) is 57.0 Å². The molecule has 0 aromatic heterocycles. The van der Waals surface area contributed by atoms with Crippen LogP contribution < -0.4 is 0 Å². The zero-order valence-electron chi connectivity index (χ0n) is 4.35. The van der Waals surface area contributed by atoms with Gasteiger partial charge in [0.05, 0.1) is 0 Å². The molecule has 2 heteroatoms. The Bertz CT molecular complexity index is 17.7. The Balaban J connectivity index is 0. The second-order valence-corrected chi connectivity index (χ2v) is 1.77. The van der Waals surface area contributed by atoms with Gasteiger partial charge in [-0.25, -0.2) is 0 Å². The first kappa shape index (κ1) is 10.0. The Morgan fingerprint density at radius 3 is 0.714 bits per heavy atom. The van der Waals surface area contributed by atoms with Crippen molar-refractivity contribution in [2.75, 3.05) is 0 Å². The fourth-order valence-corrected chi connectivity index (χ4v) is 0.884. The fraction of sp³-hybridized carbons (Fsp3) is 1.00. The molecule has 0 aromatic rings. The van der Waals surface area contributed by atoms with Crippen LogP contribution in [0.15, 0.2) is 0 Å². The lowest BCUT2D eigenvalue weighted by Crippen LogP contribution is -1.47. The molecule has 42 valence electrons. The van der Waals surface area contributed by atoms with Crippen LogP contribution in [0.25, 0.3) is 0 Å². The van der Waals surface area contributed by atoms with Gasteiger partial charge in [-0.05, 0) is 0 Å². The molecule has 0 spiro atoms. The predicted octanol–water partition coefficient (Wildman–Crippen LogP) is 1.71. The van der Waals surface area contributed by atoms with E-state index in [-0.39, 0.29) is 11.0 Å². The third-order valence-electron chi connectivity index (χ3n) is 1.25. The summed E-state index contributed by atoms with van der Waals surface area (Å²) in [4.78, 5) is 0. The van der Waals surface area contributed by atoms with E-state index in [1.54, 1.807) is 0 Å². The first-order valence-electron chi connectivity index (χ1n) is 2.50.